The highest BCUT2D eigenvalue weighted by Gasteiger charge is 2.19. The number of rotatable bonds is 5. The van der Waals surface area contributed by atoms with Crippen molar-refractivity contribution in [2.75, 3.05) is 0 Å². The lowest BCUT2D eigenvalue weighted by Gasteiger charge is -2.14. The van der Waals surface area contributed by atoms with Gasteiger partial charge in [-0.2, -0.15) is 8.42 Å². The fourth-order valence-electron chi connectivity index (χ4n) is 2.47. The second-order valence-corrected chi connectivity index (χ2v) is 8.27. The van der Waals surface area contributed by atoms with Crippen LogP contribution in [0.25, 0.3) is 16.8 Å². The fourth-order valence-corrected chi connectivity index (χ4v) is 4.10. The molecule has 0 N–H and O–H groups in total. The summed E-state index contributed by atoms with van der Waals surface area (Å²) < 4.78 is 64.4. The summed E-state index contributed by atoms with van der Waals surface area (Å²) in [5.41, 5.74) is 0.749. The standard InChI is InChI=1S/C18H14O6S2/c1-2-13-7-9-14(10-8-13)26(22,23)24-17-11-12-18(25(19,20)21)16-6-4-3-5-15(16)17/h2-12H,1H2,(H,19,20,21)/p-1. The molecule has 0 unspecified atom stereocenters. The Hall–Kier alpha value is -2.68. The molecule has 0 saturated heterocycles. The van der Waals surface area contributed by atoms with E-state index in [1.807, 2.05) is 0 Å². The lowest BCUT2D eigenvalue weighted by Crippen LogP contribution is -2.10. The summed E-state index contributed by atoms with van der Waals surface area (Å²) >= 11 is 0. The van der Waals surface area contributed by atoms with Gasteiger partial charge in [0.25, 0.3) is 0 Å². The van der Waals surface area contributed by atoms with Crippen LogP contribution >= 0.6 is 0 Å². The molecule has 0 radical (unpaired) electrons. The largest absolute Gasteiger partial charge is 0.744 e. The Balaban J connectivity index is 2.10. The van der Waals surface area contributed by atoms with Crippen molar-refractivity contribution in [3.63, 3.8) is 0 Å². The second kappa shape index (κ2) is 6.56. The van der Waals surface area contributed by atoms with Crippen molar-refractivity contribution < 1.29 is 25.6 Å². The summed E-state index contributed by atoms with van der Waals surface area (Å²) in [7, 11) is -8.85. The van der Waals surface area contributed by atoms with Gasteiger partial charge in [-0.15, -0.1) is 0 Å². The molecule has 0 atom stereocenters. The molecule has 0 spiro atoms. The van der Waals surface area contributed by atoms with E-state index in [0.29, 0.717) is 0 Å². The van der Waals surface area contributed by atoms with E-state index in [-0.39, 0.29) is 21.4 Å². The first-order chi connectivity index (χ1) is 12.2. The van der Waals surface area contributed by atoms with Crippen molar-refractivity contribution in [2.45, 2.75) is 9.79 Å². The smallest absolute Gasteiger partial charge is 0.339 e. The van der Waals surface area contributed by atoms with Crippen LogP contribution in [0.15, 0.2) is 77.0 Å². The monoisotopic (exact) mass is 389 g/mol. The predicted molar refractivity (Wildman–Crippen MR) is 96.3 cm³/mol. The van der Waals surface area contributed by atoms with E-state index < -0.39 is 25.1 Å². The molecule has 3 rings (SSSR count). The van der Waals surface area contributed by atoms with Crippen molar-refractivity contribution in [3.8, 4) is 5.75 Å². The second-order valence-electron chi connectivity index (χ2n) is 5.37. The number of fused-ring (bicyclic) bond motifs is 1. The summed E-state index contributed by atoms with van der Waals surface area (Å²) in [6, 6.07) is 14.1. The predicted octanol–water partition coefficient (Wildman–Crippen LogP) is 3.15. The van der Waals surface area contributed by atoms with Gasteiger partial charge in [0, 0.05) is 10.8 Å². The molecule has 134 valence electrons. The Morgan fingerprint density at radius 2 is 1.46 bits per heavy atom. The van der Waals surface area contributed by atoms with Gasteiger partial charge >= 0.3 is 10.1 Å². The molecule has 0 aliphatic rings. The zero-order valence-electron chi connectivity index (χ0n) is 13.3. The minimum absolute atomic E-state index is 0.0623. The fraction of sp³-hybridized carbons (Fsp3) is 0. The molecular formula is C18H13O6S2-. The highest BCUT2D eigenvalue weighted by atomic mass is 32.2. The first-order valence-corrected chi connectivity index (χ1v) is 10.2. The van der Waals surface area contributed by atoms with Crippen molar-refractivity contribution in [1.82, 2.24) is 0 Å². The van der Waals surface area contributed by atoms with Crippen LogP contribution in [0.4, 0.5) is 0 Å². The van der Waals surface area contributed by atoms with Crippen LogP contribution in [0.5, 0.6) is 5.75 Å². The molecule has 0 heterocycles. The van der Waals surface area contributed by atoms with E-state index in [1.54, 1.807) is 30.3 Å². The molecule has 0 bridgehead atoms. The van der Waals surface area contributed by atoms with Gasteiger partial charge in [-0.05, 0) is 29.8 Å². The summed E-state index contributed by atoms with van der Waals surface area (Å²) in [5.74, 6) is -0.0687. The average Bonchev–Trinajstić information content (AvgIpc) is 2.61. The molecular weight excluding hydrogens is 376 g/mol. The van der Waals surface area contributed by atoms with E-state index in [4.69, 9.17) is 4.18 Å². The third kappa shape index (κ3) is 3.48. The number of hydrogen-bond acceptors (Lipinski definition) is 6. The normalized spacial score (nSPS) is 12.0. The third-order valence-electron chi connectivity index (χ3n) is 3.72. The number of benzene rings is 3. The molecule has 0 amide bonds. The van der Waals surface area contributed by atoms with Gasteiger partial charge in [0.05, 0.1) is 4.90 Å². The summed E-state index contributed by atoms with van der Waals surface area (Å²) in [6.07, 6.45) is 1.58. The topological polar surface area (TPSA) is 101 Å². The van der Waals surface area contributed by atoms with Gasteiger partial charge in [-0.1, -0.05) is 49.1 Å². The lowest BCUT2D eigenvalue weighted by molar-refractivity contribution is 0.464. The summed E-state index contributed by atoms with van der Waals surface area (Å²) in [4.78, 5) is -0.499. The van der Waals surface area contributed by atoms with Gasteiger partial charge in [-0.3, -0.25) is 0 Å². The van der Waals surface area contributed by atoms with E-state index in [1.165, 1.54) is 24.3 Å². The van der Waals surface area contributed by atoms with Crippen molar-refractivity contribution >= 4 is 37.1 Å². The zero-order chi connectivity index (χ0) is 18.9. The molecule has 0 aliphatic heterocycles. The minimum Gasteiger partial charge on any atom is -0.744 e. The van der Waals surface area contributed by atoms with E-state index >= 15 is 0 Å². The maximum Gasteiger partial charge on any atom is 0.339 e. The average molecular weight is 389 g/mol. The van der Waals surface area contributed by atoms with Gasteiger partial charge < -0.3 is 8.74 Å². The molecule has 0 aliphatic carbocycles. The Kier molecular flexibility index (Phi) is 4.57. The van der Waals surface area contributed by atoms with E-state index in [2.05, 4.69) is 6.58 Å². The van der Waals surface area contributed by atoms with Gasteiger partial charge in [0.2, 0.25) is 0 Å². The maximum absolute atomic E-state index is 12.5. The molecule has 3 aromatic rings. The number of hydrogen-bond donors (Lipinski definition) is 0. The van der Waals surface area contributed by atoms with Crippen LogP contribution in [0, 0.1) is 0 Å². The molecule has 8 heteroatoms. The SMILES string of the molecule is C=Cc1ccc(S(=O)(=O)Oc2ccc(S(=O)(=O)[O-])c3ccccc23)cc1. The highest BCUT2D eigenvalue weighted by Crippen LogP contribution is 2.32. The highest BCUT2D eigenvalue weighted by molar-refractivity contribution is 7.87. The lowest BCUT2D eigenvalue weighted by atomic mass is 10.1. The van der Waals surface area contributed by atoms with E-state index in [9.17, 15) is 21.4 Å². The molecule has 3 aromatic carbocycles. The van der Waals surface area contributed by atoms with Gasteiger partial charge in [0.1, 0.15) is 15.0 Å². The Bertz CT molecular complexity index is 1190. The third-order valence-corrected chi connectivity index (χ3v) is 5.86. The Morgan fingerprint density at radius 3 is 2.04 bits per heavy atom. The Labute approximate surface area is 151 Å². The molecule has 26 heavy (non-hydrogen) atoms. The van der Waals surface area contributed by atoms with Crippen LogP contribution in [0.1, 0.15) is 5.56 Å². The van der Waals surface area contributed by atoms with Crippen molar-refractivity contribution in [3.05, 3.63) is 72.8 Å². The maximum atomic E-state index is 12.5. The van der Waals surface area contributed by atoms with Crippen molar-refractivity contribution in [2.24, 2.45) is 0 Å². The van der Waals surface area contributed by atoms with Crippen LogP contribution in [-0.2, 0) is 20.2 Å². The Morgan fingerprint density at radius 1 is 0.846 bits per heavy atom. The van der Waals surface area contributed by atoms with Crippen LogP contribution in [0.3, 0.4) is 0 Å². The first-order valence-electron chi connectivity index (χ1n) is 7.37. The van der Waals surface area contributed by atoms with Crippen molar-refractivity contribution in [1.29, 1.82) is 0 Å². The molecule has 0 aromatic heterocycles. The minimum atomic E-state index is -4.71. The molecule has 0 saturated carbocycles. The quantitative estimate of drug-likeness (QED) is 0.491. The zero-order valence-corrected chi connectivity index (χ0v) is 15.0. The van der Waals surface area contributed by atoms with Gasteiger partial charge in [0.15, 0.2) is 5.75 Å². The van der Waals surface area contributed by atoms with Crippen LogP contribution in [-0.4, -0.2) is 21.4 Å². The molecule has 6 nitrogen and oxygen atoms in total. The summed E-state index contributed by atoms with van der Waals surface area (Å²) in [6.45, 7) is 3.60. The van der Waals surface area contributed by atoms with Crippen LogP contribution in [0.2, 0.25) is 0 Å². The first kappa shape index (κ1) is 18.1. The summed E-state index contributed by atoms with van der Waals surface area (Å²) in [5, 5.41) is 0.299. The molecule has 0 fully saturated rings. The van der Waals surface area contributed by atoms with Crippen LogP contribution < -0.4 is 4.18 Å². The van der Waals surface area contributed by atoms with Gasteiger partial charge in [-0.25, -0.2) is 8.42 Å². The van der Waals surface area contributed by atoms with E-state index in [0.717, 1.165) is 17.7 Å².